The van der Waals surface area contributed by atoms with Crippen LogP contribution in [-0.2, 0) is 9.53 Å². The Morgan fingerprint density at radius 2 is 2.38 bits per heavy atom. The number of methoxy groups -OCH3 is 1. The Morgan fingerprint density at radius 3 is 3.00 bits per heavy atom. The summed E-state index contributed by atoms with van der Waals surface area (Å²) in [6, 6.07) is 0.809. The molecule has 0 aromatic rings. The summed E-state index contributed by atoms with van der Waals surface area (Å²) >= 11 is 0. The maximum Gasteiger partial charge on any atom is 0.330 e. The molecule has 0 N–H and O–H groups in total. The summed E-state index contributed by atoms with van der Waals surface area (Å²) in [4.78, 5) is 13.4. The summed E-state index contributed by atoms with van der Waals surface area (Å²) in [6.07, 6.45) is 5.35. The van der Waals surface area contributed by atoms with Crippen molar-refractivity contribution in [2.45, 2.75) is 25.3 Å². The molecule has 2 rings (SSSR count). The minimum absolute atomic E-state index is 0.215. The van der Waals surface area contributed by atoms with Gasteiger partial charge in [-0.05, 0) is 24.8 Å². The van der Waals surface area contributed by atoms with Crippen molar-refractivity contribution in [2.75, 3.05) is 20.2 Å². The summed E-state index contributed by atoms with van der Waals surface area (Å²) < 4.78 is 4.59. The van der Waals surface area contributed by atoms with E-state index in [4.69, 9.17) is 0 Å². The molecule has 2 fully saturated rings. The van der Waals surface area contributed by atoms with Crippen molar-refractivity contribution < 1.29 is 9.53 Å². The van der Waals surface area contributed by atoms with Crippen LogP contribution >= 0.6 is 0 Å². The molecule has 3 heteroatoms. The smallest absolute Gasteiger partial charge is 0.330 e. The van der Waals surface area contributed by atoms with E-state index in [9.17, 15) is 4.79 Å². The molecule has 0 bridgehead atoms. The second-order valence-electron chi connectivity index (χ2n) is 3.78. The summed E-state index contributed by atoms with van der Waals surface area (Å²) in [6.45, 7) is 2.09. The molecule has 1 aliphatic carbocycles. The largest absolute Gasteiger partial charge is 0.466 e. The first-order valence-electron chi connectivity index (χ1n) is 4.81. The molecule has 0 amide bonds. The van der Waals surface area contributed by atoms with Crippen LogP contribution in [0.15, 0.2) is 11.6 Å². The van der Waals surface area contributed by atoms with E-state index in [-0.39, 0.29) is 5.97 Å². The first-order chi connectivity index (χ1) is 6.29. The Balaban J connectivity index is 1.89. The Morgan fingerprint density at radius 1 is 1.62 bits per heavy atom. The molecular weight excluding hydrogens is 166 g/mol. The molecule has 0 spiro atoms. The molecule has 0 aromatic heterocycles. The van der Waals surface area contributed by atoms with Crippen molar-refractivity contribution in [1.82, 2.24) is 4.90 Å². The monoisotopic (exact) mass is 181 g/mol. The molecule has 1 saturated heterocycles. The van der Waals surface area contributed by atoms with Gasteiger partial charge < -0.3 is 4.74 Å². The van der Waals surface area contributed by atoms with Crippen LogP contribution in [-0.4, -0.2) is 37.1 Å². The van der Waals surface area contributed by atoms with Crippen LogP contribution in [0.1, 0.15) is 19.3 Å². The summed E-state index contributed by atoms with van der Waals surface area (Å²) in [5, 5.41) is 0. The van der Waals surface area contributed by atoms with Crippen LogP contribution < -0.4 is 0 Å². The van der Waals surface area contributed by atoms with Crippen LogP contribution in [0.4, 0.5) is 0 Å². The molecule has 1 aliphatic heterocycles. The highest BCUT2D eigenvalue weighted by atomic mass is 16.5. The lowest BCUT2D eigenvalue weighted by atomic mass is 10.2. The van der Waals surface area contributed by atoms with Gasteiger partial charge in [-0.25, -0.2) is 4.79 Å². The maximum absolute atomic E-state index is 10.9. The zero-order chi connectivity index (χ0) is 9.26. The fourth-order valence-electron chi connectivity index (χ4n) is 1.80. The average molecular weight is 181 g/mol. The Labute approximate surface area is 78.4 Å². The minimum Gasteiger partial charge on any atom is -0.466 e. The molecule has 3 nitrogen and oxygen atoms in total. The maximum atomic E-state index is 10.9. The molecule has 2 aliphatic rings. The van der Waals surface area contributed by atoms with Crippen LogP contribution in [0.3, 0.4) is 0 Å². The molecule has 13 heavy (non-hydrogen) atoms. The zero-order valence-electron chi connectivity index (χ0n) is 7.95. The molecule has 72 valence electrons. The Kier molecular flexibility index (Phi) is 2.36. The van der Waals surface area contributed by atoms with Gasteiger partial charge in [0.25, 0.3) is 0 Å². The molecular formula is C10H15NO2. The molecule has 1 heterocycles. The van der Waals surface area contributed by atoms with Gasteiger partial charge >= 0.3 is 5.97 Å². The number of rotatable bonds is 2. The third-order valence-electron chi connectivity index (χ3n) is 2.71. The number of hydrogen-bond acceptors (Lipinski definition) is 3. The predicted molar refractivity (Wildman–Crippen MR) is 49.3 cm³/mol. The van der Waals surface area contributed by atoms with Crippen molar-refractivity contribution in [3.63, 3.8) is 0 Å². The van der Waals surface area contributed by atoms with Crippen molar-refractivity contribution in [3.8, 4) is 0 Å². The SMILES string of the molecule is COC(=O)/C=C1/CCN(C2CC2)C1. The van der Waals surface area contributed by atoms with Gasteiger partial charge in [-0.3, -0.25) is 4.90 Å². The molecule has 0 radical (unpaired) electrons. The lowest BCUT2D eigenvalue weighted by molar-refractivity contribution is -0.134. The van der Waals surface area contributed by atoms with Gasteiger partial charge in [0.2, 0.25) is 0 Å². The fourth-order valence-corrected chi connectivity index (χ4v) is 1.80. The Hall–Kier alpha value is -0.830. The van der Waals surface area contributed by atoms with E-state index in [1.807, 2.05) is 0 Å². The number of carbonyl (C=O) groups excluding carboxylic acids is 1. The number of carbonyl (C=O) groups is 1. The van der Waals surface area contributed by atoms with E-state index >= 15 is 0 Å². The fraction of sp³-hybridized carbons (Fsp3) is 0.700. The molecule has 0 unspecified atom stereocenters. The highest BCUT2D eigenvalue weighted by Gasteiger charge is 2.32. The Bertz CT molecular complexity index is 243. The first-order valence-corrected chi connectivity index (χ1v) is 4.81. The number of likely N-dealkylation sites (tertiary alicyclic amines) is 1. The quantitative estimate of drug-likeness (QED) is 0.469. The van der Waals surface area contributed by atoms with Gasteiger partial charge in [0.15, 0.2) is 0 Å². The van der Waals surface area contributed by atoms with E-state index in [2.05, 4.69) is 9.64 Å². The second kappa shape index (κ2) is 3.50. The van der Waals surface area contributed by atoms with E-state index in [1.54, 1.807) is 6.08 Å². The van der Waals surface area contributed by atoms with Crippen molar-refractivity contribution in [3.05, 3.63) is 11.6 Å². The normalized spacial score (nSPS) is 26.7. The van der Waals surface area contributed by atoms with Crippen molar-refractivity contribution in [2.24, 2.45) is 0 Å². The zero-order valence-corrected chi connectivity index (χ0v) is 7.95. The third-order valence-corrected chi connectivity index (χ3v) is 2.71. The number of esters is 1. The predicted octanol–water partition coefficient (Wildman–Crippen LogP) is 0.954. The van der Waals surface area contributed by atoms with E-state index in [1.165, 1.54) is 25.5 Å². The minimum atomic E-state index is -0.215. The van der Waals surface area contributed by atoms with E-state index < -0.39 is 0 Å². The average Bonchev–Trinajstić information content (AvgIpc) is 2.88. The highest BCUT2D eigenvalue weighted by Crippen LogP contribution is 2.31. The van der Waals surface area contributed by atoms with E-state index in [0.717, 1.165) is 25.6 Å². The summed E-state index contributed by atoms with van der Waals surface area (Å²) in [5.74, 6) is -0.215. The molecule has 0 atom stereocenters. The standard InChI is InChI=1S/C10H15NO2/c1-13-10(12)6-8-4-5-11(7-8)9-2-3-9/h6,9H,2-5,7H2,1H3/b8-6-. The van der Waals surface area contributed by atoms with Gasteiger partial charge in [-0.2, -0.15) is 0 Å². The van der Waals surface area contributed by atoms with Gasteiger partial charge in [0, 0.05) is 25.2 Å². The summed E-state index contributed by atoms with van der Waals surface area (Å²) in [7, 11) is 1.42. The van der Waals surface area contributed by atoms with Crippen molar-refractivity contribution in [1.29, 1.82) is 0 Å². The van der Waals surface area contributed by atoms with Crippen molar-refractivity contribution >= 4 is 5.97 Å². The lowest BCUT2D eigenvalue weighted by Crippen LogP contribution is -2.21. The number of nitrogens with zero attached hydrogens (tertiary/aromatic N) is 1. The lowest BCUT2D eigenvalue weighted by Gasteiger charge is -2.11. The topological polar surface area (TPSA) is 29.5 Å². The van der Waals surface area contributed by atoms with Crippen LogP contribution in [0.5, 0.6) is 0 Å². The first kappa shape index (κ1) is 8.75. The van der Waals surface area contributed by atoms with Crippen LogP contribution in [0.25, 0.3) is 0 Å². The van der Waals surface area contributed by atoms with Crippen LogP contribution in [0.2, 0.25) is 0 Å². The van der Waals surface area contributed by atoms with Gasteiger partial charge in [0.1, 0.15) is 0 Å². The molecule has 0 aromatic carbocycles. The molecule has 1 saturated carbocycles. The second-order valence-corrected chi connectivity index (χ2v) is 3.78. The van der Waals surface area contributed by atoms with Crippen LogP contribution in [0, 0.1) is 0 Å². The number of hydrogen-bond donors (Lipinski definition) is 0. The summed E-state index contributed by atoms with van der Waals surface area (Å²) in [5.41, 5.74) is 1.22. The van der Waals surface area contributed by atoms with Gasteiger partial charge in [-0.1, -0.05) is 0 Å². The van der Waals surface area contributed by atoms with Gasteiger partial charge in [0.05, 0.1) is 7.11 Å². The third kappa shape index (κ3) is 2.10. The highest BCUT2D eigenvalue weighted by molar-refractivity contribution is 5.82. The number of ether oxygens (including phenoxy) is 1. The van der Waals surface area contributed by atoms with E-state index in [0.29, 0.717) is 0 Å². The van der Waals surface area contributed by atoms with Gasteiger partial charge in [-0.15, -0.1) is 0 Å².